The van der Waals surface area contributed by atoms with Crippen molar-refractivity contribution >= 4 is 5.76 Å². The molecule has 0 atom stereocenters. The highest BCUT2D eigenvalue weighted by Crippen LogP contribution is 2.28. The topological polar surface area (TPSA) is 9.23 Å². The van der Waals surface area contributed by atoms with Gasteiger partial charge in [0.25, 0.3) is 0 Å². The first-order valence-electron chi connectivity index (χ1n) is 7.96. The molecule has 1 saturated carbocycles. The Bertz CT molecular complexity index is 419. The normalized spacial score (nSPS) is 18.1. The zero-order chi connectivity index (χ0) is 14.4. The molecule has 1 heteroatoms. The van der Waals surface area contributed by atoms with Gasteiger partial charge in [0.05, 0.1) is 6.61 Å². The Labute approximate surface area is 124 Å². The molecule has 1 fully saturated rings. The van der Waals surface area contributed by atoms with Crippen molar-refractivity contribution in [3.8, 4) is 0 Å². The molecule has 0 aromatic heterocycles. The van der Waals surface area contributed by atoms with Crippen molar-refractivity contribution in [2.24, 2.45) is 11.3 Å². The summed E-state index contributed by atoms with van der Waals surface area (Å²) >= 11 is 0. The molecule has 0 unspecified atom stereocenters. The zero-order valence-electron chi connectivity index (χ0n) is 13.2. The van der Waals surface area contributed by atoms with E-state index in [0.29, 0.717) is 0 Å². The van der Waals surface area contributed by atoms with Crippen LogP contribution in [0.3, 0.4) is 0 Å². The maximum atomic E-state index is 6.20. The molecule has 110 valence electrons. The van der Waals surface area contributed by atoms with E-state index in [0.717, 1.165) is 18.3 Å². The van der Waals surface area contributed by atoms with Crippen molar-refractivity contribution in [1.82, 2.24) is 0 Å². The van der Waals surface area contributed by atoms with Crippen LogP contribution in [0.15, 0.2) is 36.4 Å². The van der Waals surface area contributed by atoms with Crippen molar-refractivity contribution in [3.05, 3.63) is 42.0 Å². The van der Waals surface area contributed by atoms with E-state index < -0.39 is 0 Å². The Morgan fingerprint density at radius 2 is 1.75 bits per heavy atom. The van der Waals surface area contributed by atoms with Crippen LogP contribution < -0.4 is 0 Å². The van der Waals surface area contributed by atoms with Crippen molar-refractivity contribution < 1.29 is 4.74 Å². The molecule has 0 saturated heterocycles. The Morgan fingerprint density at radius 3 is 2.35 bits per heavy atom. The minimum absolute atomic E-state index is 0.137. The van der Waals surface area contributed by atoms with Gasteiger partial charge in [0, 0.05) is 5.56 Å². The van der Waals surface area contributed by atoms with Gasteiger partial charge < -0.3 is 4.74 Å². The van der Waals surface area contributed by atoms with Crippen molar-refractivity contribution in [3.63, 3.8) is 0 Å². The molecule has 1 aliphatic rings. The molecule has 20 heavy (non-hydrogen) atoms. The predicted octanol–water partition coefficient (Wildman–Crippen LogP) is 5.67. The maximum absolute atomic E-state index is 6.20. The highest BCUT2D eigenvalue weighted by Gasteiger charge is 2.16. The Hall–Kier alpha value is -1.24. The van der Waals surface area contributed by atoms with Gasteiger partial charge in [-0.15, -0.1) is 0 Å². The van der Waals surface area contributed by atoms with Gasteiger partial charge in [0.1, 0.15) is 5.76 Å². The van der Waals surface area contributed by atoms with Gasteiger partial charge in [0.15, 0.2) is 0 Å². The highest BCUT2D eigenvalue weighted by molar-refractivity contribution is 5.60. The second kappa shape index (κ2) is 6.97. The fourth-order valence-electron chi connectivity index (χ4n) is 2.77. The average Bonchev–Trinajstić information content (AvgIpc) is 2.44. The minimum Gasteiger partial charge on any atom is -0.493 e. The number of hydrogen-bond acceptors (Lipinski definition) is 1. The third-order valence-electron chi connectivity index (χ3n) is 3.82. The van der Waals surface area contributed by atoms with Gasteiger partial charge in [-0.05, 0) is 30.3 Å². The monoisotopic (exact) mass is 272 g/mol. The summed E-state index contributed by atoms with van der Waals surface area (Å²) in [6.45, 7) is 7.54. The number of benzene rings is 1. The molecule has 0 bridgehead atoms. The van der Waals surface area contributed by atoms with E-state index >= 15 is 0 Å². The van der Waals surface area contributed by atoms with Crippen LogP contribution in [-0.2, 0) is 4.74 Å². The van der Waals surface area contributed by atoms with E-state index in [9.17, 15) is 0 Å². The van der Waals surface area contributed by atoms with Crippen LogP contribution in [0.5, 0.6) is 0 Å². The zero-order valence-corrected chi connectivity index (χ0v) is 13.2. The molecule has 0 radical (unpaired) electrons. The number of allylic oxidation sites excluding steroid dienone is 1. The summed E-state index contributed by atoms with van der Waals surface area (Å²) < 4.78 is 6.20. The van der Waals surface area contributed by atoms with Gasteiger partial charge in [-0.3, -0.25) is 0 Å². The van der Waals surface area contributed by atoms with Gasteiger partial charge in [-0.2, -0.15) is 0 Å². The Balaban J connectivity index is 2.05. The second-order valence-electron chi connectivity index (χ2n) is 7.06. The molecule has 1 aliphatic carbocycles. The molecular weight excluding hydrogens is 244 g/mol. The molecule has 1 nitrogen and oxygen atoms in total. The molecular formula is C19H28O. The van der Waals surface area contributed by atoms with Crippen LogP contribution in [0.25, 0.3) is 5.76 Å². The molecule has 0 spiro atoms. The second-order valence-corrected chi connectivity index (χ2v) is 7.06. The summed E-state index contributed by atoms with van der Waals surface area (Å²) in [5.74, 6) is 1.79. The average molecular weight is 272 g/mol. The Morgan fingerprint density at radius 1 is 1.10 bits per heavy atom. The highest BCUT2D eigenvalue weighted by atomic mass is 16.5. The van der Waals surface area contributed by atoms with Crippen molar-refractivity contribution in [2.75, 3.05) is 6.61 Å². The smallest absolute Gasteiger partial charge is 0.123 e. The van der Waals surface area contributed by atoms with Crippen LogP contribution in [0.2, 0.25) is 0 Å². The van der Waals surface area contributed by atoms with Crippen LogP contribution in [0, 0.1) is 11.3 Å². The van der Waals surface area contributed by atoms with Crippen LogP contribution >= 0.6 is 0 Å². The summed E-state index contributed by atoms with van der Waals surface area (Å²) in [6.07, 6.45) is 9.07. The molecule has 1 aromatic rings. The lowest BCUT2D eigenvalue weighted by atomic mass is 9.90. The number of ether oxygens (including phenoxy) is 1. The van der Waals surface area contributed by atoms with Crippen LogP contribution in [-0.4, -0.2) is 6.61 Å². The van der Waals surface area contributed by atoms with Crippen molar-refractivity contribution in [1.29, 1.82) is 0 Å². The third kappa shape index (κ3) is 5.03. The van der Waals surface area contributed by atoms with Gasteiger partial charge in [-0.1, -0.05) is 70.4 Å². The van der Waals surface area contributed by atoms with Gasteiger partial charge in [0.2, 0.25) is 0 Å². The predicted molar refractivity (Wildman–Crippen MR) is 86.4 cm³/mol. The fourth-order valence-corrected chi connectivity index (χ4v) is 2.77. The lowest BCUT2D eigenvalue weighted by molar-refractivity contribution is 0.181. The largest absolute Gasteiger partial charge is 0.493 e. The molecule has 0 heterocycles. The first kappa shape index (κ1) is 15.2. The maximum Gasteiger partial charge on any atom is 0.123 e. The van der Waals surface area contributed by atoms with E-state index in [1.807, 2.05) is 0 Å². The van der Waals surface area contributed by atoms with E-state index in [-0.39, 0.29) is 5.41 Å². The summed E-state index contributed by atoms with van der Waals surface area (Å²) in [6, 6.07) is 10.5. The minimum atomic E-state index is 0.137. The van der Waals surface area contributed by atoms with Crippen LogP contribution in [0.4, 0.5) is 0 Å². The third-order valence-corrected chi connectivity index (χ3v) is 3.82. The summed E-state index contributed by atoms with van der Waals surface area (Å²) in [4.78, 5) is 0. The van der Waals surface area contributed by atoms with E-state index in [1.165, 1.54) is 37.7 Å². The van der Waals surface area contributed by atoms with Gasteiger partial charge >= 0.3 is 0 Å². The Kier molecular flexibility index (Phi) is 5.28. The van der Waals surface area contributed by atoms with E-state index in [4.69, 9.17) is 4.74 Å². The van der Waals surface area contributed by atoms with Gasteiger partial charge in [-0.25, -0.2) is 0 Å². The van der Waals surface area contributed by atoms with E-state index in [2.05, 4.69) is 57.2 Å². The lowest BCUT2D eigenvalue weighted by Gasteiger charge is -2.24. The summed E-state index contributed by atoms with van der Waals surface area (Å²) in [5.41, 5.74) is 1.33. The number of rotatable bonds is 4. The summed E-state index contributed by atoms with van der Waals surface area (Å²) in [5, 5.41) is 0. The summed E-state index contributed by atoms with van der Waals surface area (Å²) in [7, 11) is 0. The first-order chi connectivity index (χ1) is 9.54. The molecule has 0 N–H and O–H groups in total. The lowest BCUT2D eigenvalue weighted by Crippen LogP contribution is -2.14. The molecule has 2 rings (SSSR count). The van der Waals surface area contributed by atoms with Crippen LogP contribution in [0.1, 0.15) is 58.4 Å². The molecule has 1 aromatic carbocycles. The fraction of sp³-hybridized carbons (Fsp3) is 0.579. The van der Waals surface area contributed by atoms with E-state index in [1.54, 1.807) is 0 Å². The molecule has 0 amide bonds. The standard InChI is InChI=1S/C19H28O/c1-19(2,3)14-18(17-12-8-5-9-13-17)20-15-16-10-6-4-7-11-16/h5,8-9,12-14,16H,4,6-7,10-11,15H2,1-3H3/b18-14-. The SMILES string of the molecule is CC(C)(C)/C=C(\OCC1CCCCC1)c1ccccc1. The quantitative estimate of drug-likeness (QED) is 0.642. The van der Waals surface area contributed by atoms with Crippen molar-refractivity contribution in [2.45, 2.75) is 52.9 Å². The first-order valence-corrected chi connectivity index (χ1v) is 7.96. The number of hydrogen-bond donors (Lipinski definition) is 0. The molecule has 0 aliphatic heterocycles.